The summed E-state index contributed by atoms with van der Waals surface area (Å²) in [5.41, 5.74) is 3.49. The molecule has 0 atom stereocenters. The lowest BCUT2D eigenvalue weighted by Gasteiger charge is -2.33. The first-order valence-corrected chi connectivity index (χ1v) is 8.18. The molecule has 2 rings (SSSR count). The van der Waals surface area contributed by atoms with Gasteiger partial charge in [0, 0.05) is 26.7 Å². The Morgan fingerprint density at radius 1 is 1.39 bits per heavy atom. The number of likely N-dealkylation sites (tertiary alicyclic amines) is 1. The highest BCUT2D eigenvalue weighted by molar-refractivity contribution is 7.80. The molecule has 7 heteroatoms. The van der Waals surface area contributed by atoms with E-state index in [1.807, 2.05) is 42.3 Å². The van der Waals surface area contributed by atoms with E-state index in [-0.39, 0.29) is 6.09 Å². The van der Waals surface area contributed by atoms with Crippen molar-refractivity contribution in [1.29, 1.82) is 0 Å². The molecule has 0 unspecified atom stereocenters. The van der Waals surface area contributed by atoms with Crippen molar-refractivity contribution in [3.63, 3.8) is 0 Å². The number of benzene rings is 1. The van der Waals surface area contributed by atoms with Crippen molar-refractivity contribution in [2.24, 2.45) is 11.8 Å². The molecule has 1 fully saturated rings. The first-order valence-electron chi connectivity index (χ1n) is 7.77. The fourth-order valence-electron chi connectivity index (χ4n) is 2.69. The van der Waals surface area contributed by atoms with E-state index in [0.717, 1.165) is 38.0 Å². The summed E-state index contributed by atoms with van der Waals surface area (Å²) in [6.45, 7) is 2.60. The predicted octanol–water partition coefficient (Wildman–Crippen LogP) is 1.72. The van der Waals surface area contributed by atoms with Crippen molar-refractivity contribution in [2.75, 3.05) is 26.7 Å². The van der Waals surface area contributed by atoms with Crippen molar-refractivity contribution in [2.45, 2.75) is 19.4 Å². The van der Waals surface area contributed by atoms with Gasteiger partial charge in [0.1, 0.15) is 6.61 Å². The van der Waals surface area contributed by atoms with Crippen LogP contribution in [0.15, 0.2) is 30.3 Å². The van der Waals surface area contributed by atoms with Crippen LogP contribution in [0.25, 0.3) is 0 Å². The van der Waals surface area contributed by atoms with Gasteiger partial charge in [-0.25, -0.2) is 10.6 Å². The molecule has 0 radical (unpaired) electrons. The van der Waals surface area contributed by atoms with Gasteiger partial charge in [0.05, 0.1) is 0 Å². The molecule has 3 N–H and O–H groups in total. The summed E-state index contributed by atoms with van der Waals surface area (Å²) in [6, 6.07) is 9.71. The number of hydrogen-bond acceptors (Lipinski definition) is 4. The van der Waals surface area contributed by atoms with Crippen LogP contribution in [0.4, 0.5) is 4.79 Å². The van der Waals surface area contributed by atoms with E-state index in [0.29, 0.717) is 17.6 Å². The zero-order valence-corrected chi connectivity index (χ0v) is 14.2. The second-order valence-electron chi connectivity index (χ2n) is 5.80. The fourth-order valence-corrected chi connectivity index (χ4v) is 2.76. The third kappa shape index (κ3) is 5.37. The number of carbonyl (C=O) groups is 1. The topological polar surface area (TPSA) is 70.8 Å². The zero-order chi connectivity index (χ0) is 16.7. The van der Waals surface area contributed by atoms with E-state index in [9.17, 15) is 4.79 Å². The quantitative estimate of drug-likeness (QED) is 0.496. The first-order chi connectivity index (χ1) is 11.1. The van der Waals surface area contributed by atoms with Crippen LogP contribution >= 0.6 is 12.2 Å². The lowest BCUT2D eigenvalue weighted by Crippen LogP contribution is -2.45. The van der Waals surface area contributed by atoms with E-state index < -0.39 is 0 Å². The Labute approximate surface area is 142 Å². The molecular weight excluding hydrogens is 312 g/mol. The highest BCUT2D eigenvalue weighted by atomic mass is 32.1. The minimum absolute atomic E-state index is 0.236. The maximum Gasteiger partial charge on any atom is 0.410 e. The van der Waals surface area contributed by atoms with Crippen molar-refractivity contribution in [3.05, 3.63) is 35.9 Å². The molecule has 23 heavy (non-hydrogen) atoms. The summed E-state index contributed by atoms with van der Waals surface area (Å²) >= 11 is 5.10. The third-order valence-electron chi connectivity index (χ3n) is 4.08. The number of piperidine rings is 1. The second kappa shape index (κ2) is 8.69. The highest BCUT2D eigenvalue weighted by Gasteiger charge is 2.24. The van der Waals surface area contributed by atoms with Gasteiger partial charge in [-0.15, -0.1) is 0 Å². The van der Waals surface area contributed by atoms with Crippen LogP contribution < -0.4 is 11.3 Å². The van der Waals surface area contributed by atoms with Crippen LogP contribution in [0.1, 0.15) is 18.4 Å². The van der Waals surface area contributed by atoms with E-state index in [1.54, 1.807) is 4.90 Å². The van der Waals surface area contributed by atoms with E-state index >= 15 is 0 Å². The SMILES string of the molecule is CN(CC1CCN(C(=O)OCc2ccccc2)CC1)C(=S)NN. The molecule has 0 aromatic heterocycles. The van der Waals surface area contributed by atoms with E-state index in [2.05, 4.69) is 5.43 Å². The number of thiocarbonyl (C=S) groups is 1. The minimum Gasteiger partial charge on any atom is -0.445 e. The van der Waals surface area contributed by atoms with Crippen LogP contribution in [0, 0.1) is 5.92 Å². The summed E-state index contributed by atoms with van der Waals surface area (Å²) in [6.07, 6.45) is 1.65. The molecule has 1 aromatic rings. The number of carbonyl (C=O) groups excluding carboxylic acids is 1. The monoisotopic (exact) mass is 336 g/mol. The molecule has 1 heterocycles. The Hall–Kier alpha value is -1.86. The van der Waals surface area contributed by atoms with Gasteiger partial charge in [-0.3, -0.25) is 0 Å². The Morgan fingerprint density at radius 3 is 2.65 bits per heavy atom. The number of ether oxygens (including phenoxy) is 1. The van der Waals surface area contributed by atoms with Gasteiger partial charge in [-0.2, -0.15) is 0 Å². The molecule has 0 saturated carbocycles. The zero-order valence-electron chi connectivity index (χ0n) is 13.4. The summed E-state index contributed by atoms with van der Waals surface area (Å²) in [5, 5.41) is 0.537. The molecule has 6 nitrogen and oxygen atoms in total. The molecule has 1 aliphatic rings. The third-order valence-corrected chi connectivity index (χ3v) is 4.51. The number of hydrogen-bond donors (Lipinski definition) is 2. The van der Waals surface area contributed by atoms with Crippen LogP contribution in [0.2, 0.25) is 0 Å². The molecule has 1 aromatic carbocycles. The summed E-state index contributed by atoms with van der Waals surface area (Å²) < 4.78 is 5.37. The second-order valence-corrected chi connectivity index (χ2v) is 6.19. The Kier molecular flexibility index (Phi) is 6.61. The van der Waals surface area contributed by atoms with Crippen molar-refractivity contribution >= 4 is 23.4 Å². The number of nitrogens with two attached hydrogens (primary N) is 1. The predicted molar refractivity (Wildman–Crippen MR) is 93.5 cm³/mol. The molecule has 1 aliphatic heterocycles. The van der Waals surface area contributed by atoms with Crippen LogP contribution in [0.3, 0.4) is 0 Å². The average Bonchev–Trinajstić information content (AvgIpc) is 2.60. The van der Waals surface area contributed by atoms with E-state index in [1.165, 1.54) is 0 Å². The molecule has 0 aliphatic carbocycles. The number of hydrazine groups is 1. The first kappa shape index (κ1) is 17.5. The maximum absolute atomic E-state index is 12.1. The average molecular weight is 336 g/mol. The van der Waals surface area contributed by atoms with E-state index in [4.69, 9.17) is 22.8 Å². The molecule has 1 amide bonds. The van der Waals surface area contributed by atoms with Crippen LogP contribution in [0.5, 0.6) is 0 Å². The lowest BCUT2D eigenvalue weighted by molar-refractivity contribution is 0.0806. The number of nitrogens with one attached hydrogen (secondary N) is 1. The summed E-state index contributed by atoms with van der Waals surface area (Å²) in [5.74, 6) is 5.82. The Balaban J connectivity index is 1.71. The number of nitrogens with zero attached hydrogens (tertiary/aromatic N) is 2. The van der Waals surface area contributed by atoms with Crippen LogP contribution in [-0.2, 0) is 11.3 Å². The van der Waals surface area contributed by atoms with Crippen molar-refractivity contribution in [3.8, 4) is 0 Å². The van der Waals surface area contributed by atoms with Gasteiger partial charge in [0.15, 0.2) is 5.11 Å². The molecule has 0 spiro atoms. The largest absolute Gasteiger partial charge is 0.445 e. The normalized spacial score (nSPS) is 15.1. The minimum atomic E-state index is -0.236. The Morgan fingerprint density at radius 2 is 2.04 bits per heavy atom. The molecule has 126 valence electrons. The van der Waals surface area contributed by atoms with Gasteiger partial charge >= 0.3 is 6.09 Å². The van der Waals surface area contributed by atoms with Gasteiger partial charge < -0.3 is 20.0 Å². The molecule has 1 saturated heterocycles. The standard InChI is InChI=1S/C16H24N4O2S/c1-19(15(23)18-17)11-13-7-9-20(10-8-13)16(21)22-12-14-5-3-2-4-6-14/h2-6,13H,7-12,17H2,1H3,(H,18,23). The molecular formula is C16H24N4O2S. The Bertz CT molecular complexity index is 518. The summed E-state index contributed by atoms with van der Waals surface area (Å²) in [7, 11) is 1.92. The number of rotatable bonds is 4. The lowest BCUT2D eigenvalue weighted by atomic mass is 9.97. The van der Waals surface area contributed by atoms with Gasteiger partial charge in [-0.05, 0) is 36.5 Å². The van der Waals surface area contributed by atoms with Crippen molar-refractivity contribution < 1.29 is 9.53 Å². The summed E-state index contributed by atoms with van der Waals surface area (Å²) in [4.78, 5) is 15.8. The molecule has 0 bridgehead atoms. The highest BCUT2D eigenvalue weighted by Crippen LogP contribution is 2.19. The smallest absolute Gasteiger partial charge is 0.410 e. The number of amides is 1. The maximum atomic E-state index is 12.1. The van der Waals surface area contributed by atoms with Gasteiger partial charge in [0.2, 0.25) is 0 Å². The van der Waals surface area contributed by atoms with Crippen LogP contribution in [-0.4, -0.2) is 47.7 Å². The van der Waals surface area contributed by atoms with Gasteiger partial charge in [-0.1, -0.05) is 30.3 Å². The fraction of sp³-hybridized carbons (Fsp3) is 0.500. The van der Waals surface area contributed by atoms with Crippen molar-refractivity contribution in [1.82, 2.24) is 15.2 Å². The van der Waals surface area contributed by atoms with Gasteiger partial charge in [0.25, 0.3) is 0 Å².